The van der Waals surface area contributed by atoms with Crippen molar-refractivity contribution in [3.05, 3.63) is 24.3 Å². The first-order valence-corrected chi connectivity index (χ1v) is 6.75. The second-order valence-corrected chi connectivity index (χ2v) is 5.15. The molecule has 1 fully saturated rings. The first kappa shape index (κ1) is 16.1. The minimum absolute atomic E-state index is 0.0974. The number of carbonyl (C=O) groups excluding carboxylic acids is 3. The van der Waals surface area contributed by atoms with Gasteiger partial charge in [0, 0.05) is 11.1 Å². The third kappa shape index (κ3) is 4.05. The van der Waals surface area contributed by atoms with Gasteiger partial charge in [-0.2, -0.15) is 4.90 Å². The summed E-state index contributed by atoms with van der Waals surface area (Å²) in [4.78, 5) is 36.4. The maximum atomic E-state index is 12.1. The van der Waals surface area contributed by atoms with E-state index in [4.69, 9.17) is 4.74 Å². The molecule has 1 aliphatic carbocycles. The fraction of sp³-hybridized carbons (Fsp3) is 0.533. The van der Waals surface area contributed by atoms with Gasteiger partial charge in [0.1, 0.15) is 6.10 Å². The number of amides is 3. The van der Waals surface area contributed by atoms with Crippen LogP contribution < -0.4 is 0 Å². The summed E-state index contributed by atoms with van der Waals surface area (Å²) in [5, 5.41) is 0. The highest BCUT2D eigenvalue weighted by atomic mass is 16.6. The zero-order valence-corrected chi connectivity index (χ0v) is 12.1. The zero-order chi connectivity index (χ0) is 15.3. The van der Waals surface area contributed by atoms with Crippen LogP contribution in [0.1, 0.15) is 46.0 Å². The normalized spacial score (nSPS) is 15.3. The molecular weight excluding hydrogens is 258 g/mol. The molecule has 0 unspecified atom stereocenters. The molecular formula is C15H21NO4. The lowest BCUT2D eigenvalue weighted by Gasteiger charge is -2.25. The van der Waals surface area contributed by atoms with Gasteiger partial charge < -0.3 is 4.74 Å². The van der Waals surface area contributed by atoms with Gasteiger partial charge in [0.15, 0.2) is 0 Å². The fourth-order valence-electron chi connectivity index (χ4n) is 2.02. The Hall–Kier alpha value is -1.91. The van der Waals surface area contributed by atoms with Gasteiger partial charge in [-0.05, 0) is 39.5 Å². The van der Waals surface area contributed by atoms with Crippen molar-refractivity contribution in [2.24, 2.45) is 0 Å². The van der Waals surface area contributed by atoms with Gasteiger partial charge in [-0.3, -0.25) is 9.59 Å². The highest BCUT2D eigenvalue weighted by molar-refractivity contribution is 6.18. The van der Waals surface area contributed by atoms with Crippen molar-refractivity contribution < 1.29 is 19.1 Å². The first-order valence-electron chi connectivity index (χ1n) is 6.75. The van der Waals surface area contributed by atoms with E-state index in [-0.39, 0.29) is 17.3 Å². The number of carbonyl (C=O) groups is 3. The fourth-order valence-corrected chi connectivity index (χ4v) is 2.02. The van der Waals surface area contributed by atoms with Crippen molar-refractivity contribution in [1.29, 1.82) is 0 Å². The second kappa shape index (κ2) is 7.03. The average molecular weight is 279 g/mol. The lowest BCUT2D eigenvalue weighted by Crippen LogP contribution is -2.44. The summed E-state index contributed by atoms with van der Waals surface area (Å²) in [6, 6.07) is 0. The Bertz CT molecular complexity index is 421. The Morgan fingerprint density at radius 2 is 1.40 bits per heavy atom. The number of imide groups is 3. The lowest BCUT2D eigenvalue weighted by atomic mass is 9.98. The van der Waals surface area contributed by atoms with Crippen LogP contribution in [-0.4, -0.2) is 28.9 Å². The molecule has 0 N–H and O–H groups in total. The molecule has 1 aliphatic rings. The highest BCUT2D eigenvalue weighted by Crippen LogP contribution is 2.21. The first-order chi connectivity index (χ1) is 9.34. The monoisotopic (exact) mass is 279 g/mol. The van der Waals surface area contributed by atoms with Crippen molar-refractivity contribution in [2.45, 2.75) is 52.1 Å². The minimum Gasteiger partial charge on any atom is -0.445 e. The quantitative estimate of drug-likeness (QED) is 0.745. The van der Waals surface area contributed by atoms with Gasteiger partial charge >= 0.3 is 6.09 Å². The van der Waals surface area contributed by atoms with Crippen LogP contribution >= 0.6 is 0 Å². The average Bonchev–Trinajstić information content (AvgIpc) is 2.39. The van der Waals surface area contributed by atoms with Crippen LogP contribution in [-0.2, 0) is 14.3 Å². The Morgan fingerprint density at radius 1 is 0.950 bits per heavy atom. The molecule has 1 saturated carbocycles. The van der Waals surface area contributed by atoms with Gasteiger partial charge in [0.05, 0.1) is 0 Å². The van der Waals surface area contributed by atoms with Crippen LogP contribution in [0.5, 0.6) is 0 Å². The molecule has 0 aromatic heterocycles. The Kier molecular flexibility index (Phi) is 5.67. The van der Waals surface area contributed by atoms with E-state index in [2.05, 4.69) is 13.2 Å². The van der Waals surface area contributed by atoms with E-state index in [9.17, 15) is 14.4 Å². The van der Waals surface area contributed by atoms with Crippen molar-refractivity contribution >= 4 is 17.9 Å². The van der Waals surface area contributed by atoms with E-state index >= 15 is 0 Å². The van der Waals surface area contributed by atoms with Gasteiger partial charge in [0.2, 0.25) is 0 Å². The van der Waals surface area contributed by atoms with Crippen LogP contribution in [0, 0.1) is 0 Å². The topological polar surface area (TPSA) is 63.7 Å². The predicted octanol–water partition coefficient (Wildman–Crippen LogP) is 2.96. The molecule has 5 nitrogen and oxygen atoms in total. The van der Waals surface area contributed by atoms with Gasteiger partial charge in [-0.1, -0.05) is 19.6 Å². The molecule has 3 amide bonds. The van der Waals surface area contributed by atoms with Gasteiger partial charge in [-0.15, -0.1) is 0 Å². The molecule has 0 bridgehead atoms. The standard InChI is InChI=1S/C15H21NO4/c1-10(2)13(17)16(14(18)11(3)4)15(19)20-12-8-6-5-7-9-12/h12H,1,3,5-9H2,2,4H3. The van der Waals surface area contributed by atoms with Crippen molar-refractivity contribution in [3.8, 4) is 0 Å². The molecule has 0 aromatic rings. The molecule has 110 valence electrons. The van der Waals surface area contributed by atoms with Gasteiger partial charge in [-0.25, -0.2) is 4.79 Å². The Labute approximate surface area is 119 Å². The minimum atomic E-state index is -0.932. The summed E-state index contributed by atoms with van der Waals surface area (Å²) in [6.07, 6.45) is 3.46. The number of hydrogen-bond donors (Lipinski definition) is 0. The van der Waals surface area contributed by atoms with Crippen molar-refractivity contribution in [1.82, 2.24) is 4.90 Å². The molecule has 0 radical (unpaired) electrons. The van der Waals surface area contributed by atoms with Crippen LogP contribution in [0.25, 0.3) is 0 Å². The lowest BCUT2D eigenvalue weighted by molar-refractivity contribution is -0.138. The number of rotatable bonds is 3. The van der Waals surface area contributed by atoms with E-state index in [0.717, 1.165) is 32.1 Å². The SMILES string of the molecule is C=C(C)C(=O)N(C(=O)OC1CCCCC1)C(=O)C(=C)C. The van der Waals surface area contributed by atoms with Crippen LogP contribution in [0.15, 0.2) is 24.3 Å². The molecule has 1 rings (SSSR count). The Balaban J connectivity index is 2.83. The van der Waals surface area contributed by atoms with Gasteiger partial charge in [0.25, 0.3) is 11.8 Å². The maximum absolute atomic E-state index is 12.1. The molecule has 0 atom stereocenters. The third-order valence-corrected chi connectivity index (χ3v) is 3.14. The van der Waals surface area contributed by atoms with Crippen LogP contribution in [0.3, 0.4) is 0 Å². The second-order valence-electron chi connectivity index (χ2n) is 5.15. The van der Waals surface area contributed by atoms with Crippen molar-refractivity contribution in [2.75, 3.05) is 0 Å². The molecule has 0 heterocycles. The summed E-state index contributed by atoms with van der Waals surface area (Å²) < 4.78 is 5.26. The smallest absolute Gasteiger partial charge is 0.424 e. The van der Waals surface area contributed by atoms with E-state index < -0.39 is 17.9 Å². The molecule has 0 aromatic carbocycles. The molecule has 5 heteroatoms. The van der Waals surface area contributed by atoms with E-state index in [1.807, 2.05) is 0 Å². The van der Waals surface area contributed by atoms with Crippen LogP contribution in [0.2, 0.25) is 0 Å². The third-order valence-electron chi connectivity index (χ3n) is 3.14. The van der Waals surface area contributed by atoms with Crippen molar-refractivity contribution in [3.63, 3.8) is 0 Å². The maximum Gasteiger partial charge on any atom is 0.424 e. The summed E-state index contributed by atoms with van der Waals surface area (Å²) in [5.41, 5.74) is 0.195. The largest absolute Gasteiger partial charge is 0.445 e. The Morgan fingerprint density at radius 3 is 1.80 bits per heavy atom. The molecule has 0 aliphatic heterocycles. The van der Waals surface area contributed by atoms with E-state index in [1.54, 1.807) is 0 Å². The summed E-state index contributed by atoms with van der Waals surface area (Å²) in [5.74, 6) is -1.50. The molecule has 0 spiro atoms. The van der Waals surface area contributed by atoms with E-state index in [1.165, 1.54) is 13.8 Å². The summed E-state index contributed by atoms with van der Waals surface area (Å²) in [6.45, 7) is 9.81. The summed E-state index contributed by atoms with van der Waals surface area (Å²) >= 11 is 0. The number of hydrogen-bond acceptors (Lipinski definition) is 4. The van der Waals surface area contributed by atoms with E-state index in [0.29, 0.717) is 4.90 Å². The zero-order valence-electron chi connectivity index (χ0n) is 12.1. The molecule has 20 heavy (non-hydrogen) atoms. The molecule has 0 saturated heterocycles. The number of nitrogens with zero attached hydrogens (tertiary/aromatic N) is 1. The summed E-state index contributed by atoms with van der Waals surface area (Å²) in [7, 11) is 0. The predicted molar refractivity (Wildman–Crippen MR) is 74.8 cm³/mol. The van der Waals surface area contributed by atoms with Crippen LogP contribution in [0.4, 0.5) is 4.79 Å². The highest BCUT2D eigenvalue weighted by Gasteiger charge is 2.32. The number of ether oxygens (including phenoxy) is 1.